The number of carboxylic acid groups (broad SMARTS) is 1. The lowest BCUT2D eigenvalue weighted by atomic mass is 9.84. The number of sulfonamides is 1. The first kappa shape index (κ1) is 28.6. The predicted octanol–water partition coefficient (Wildman–Crippen LogP) is 2.74. The summed E-state index contributed by atoms with van der Waals surface area (Å²) in [6, 6.07) is 5.04. The van der Waals surface area contributed by atoms with Crippen LogP contribution >= 0.6 is 0 Å². The number of hydrogen-bond acceptors (Lipinski definition) is 7. The molecule has 1 N–H and O–H groups in total. The molecule has 38 heavy (non-hydrogen) atoms. The molecule has 3 unspecified atom stereocenters. The van der Waals surface area contributed by atoms with Gasteiger partial charge < -0.3 is 19.5 Å². The molecule has 4 rings (SSSR count). The van der Waals surface area contributed by atoms with Gasteiger partial charge in [0.25, 0.3) is 0 Å². The van der Waals surface area contributed by atoms with Gasteiger partial charge in [-0.1, -0.05) is 32.8 Å². The predicted molar refractivity (Wildman–Crippen MR) is 143 cm³/mol. The smallest absolute Gasteiger partial charge is 0.308 e. The maximum Gasteiger partial charge on any atom is 0.308 e. The van der Waals surface area contributed by atoms with Gasteiger partial charge in [0.1, 0.15) is 0 Å². The first-order valence-electron chi connectivity index (χ1n) is 13.9. The number of carboxylic acids is 1. The third kappa shape index (κ3) is 6.43. The van der Waals surface area contributed by atoms with Crippen LogP contribution in [0.5, 0.6) is 11.5 Å². The molecule has 3 atom stereocenters. The zero-order valence-corrected chi connectivity index (χ0v) is 23.3. The molecule has 11 heteroatoms. The van der Waals surface area contributed by atoms with E-state index in [-0.39, 0.29) is 37.5 Å². The van der Waals surface area contributed by atoms with Crippen LogP contribution in [0.4, 0.5) is 0 Å². The molecule has 1 amide bonds. The molecule has 0 bridgehead atoms. The first-order chi connectivity index (χ1) is 18.2. The highest BCUT2D eigenvalue weighted by Crippen LogP contribution is 2.43. The van der Waals surface area contributed by atoms with Crippen molar-refractivity contribution in [1.29, 1.82) is 0 Å². The Morgan fingerprint density at radius 1 is 1.11 bits per heavy atom. The van der Waals surface area contributed by atoms with E-state index in [1.54, 1.807) is 6.07 Å². The Morgan fingerprint density at radius 3 is 2.45 bits per heavy atom. The number of carbonyl (C=O) groups is 2. The van der Waals surface area contributed by atoms with E-state index in [1.807, 2.05) is 21.9 Å². The highest BCUT2D eigenvalue weighted by Gasteiger charge is 2.47. The Balaban J connectivity index is 1.59. The minimum atomic E-state index is -3.30. The second-order valence-corrected chi connectivity index (χ2v) is 12.6. The van der Waals surface area contributed by atoms with Gasteiger partial charge >= 0.3 is 5.97 Å². The number of aliphatic carboxylic acids is 1. The fraction of sp³-hybridized carbons (Fsp3) is 0.704. The summed E-state index contributed by atoms with van der Waals surface area (Å²) in [5, 5.41) is 10.4. The minimum Gasteiger partial charge on any atom is -0.481 e. The monoisotopic (exact) mass is 551 g/mol. The van der Waals surface area contributed by atoms with E-state index in [4.69, 9.17) is 9.47 Å². The fourth-order valence-electron chi connectivity index (χ4n) is 5.89. The van der Waals surface area contributed by atoms with Gasteiger partial charge in [-0.15, -0.1) is 0 Å². The highest BCUT2D eigenvalue weighted by molar-refractivity contribution is 7.89. The number of fused-ring (bicyclic) bond motifs is 1. The Labute approximate surface area is 225 Å². The van der Waals surface area contributed by atoms with Crippen molar-refractivity contribution in [3.05, 3.63) is 23.8 Å². The molecule has 0 spiro atoms. The number of carbonyl (C=O) groups excluding carboxylic acids is 1. The number of hydrogen-bond donors (Lipinski definition) is 1. The van der Waals surface area contributed by atoms with Crippen LogP contribution in [0.1, 0.15) is 63.9 Å². The molecule has 3 aliphatic heterocycles. The van der Waals surface area contributed by atoms with E-state index in [2.05, 4.69) is 13.8 Å². The molecule has 212 valence electrons. The van der Waals surface area contributed by atoms with Crippen molar-refractivity contribution in [3.63, 3.8) is 0 Å². The number of benzene rings is 1. The van der Waals surface area contributed by atoms with Gasteiger partial charge in [-0.3, -0.25) is 14.5 Å². The summed E-state index contributed by atoms with van der Waals surface area (Å²) in [5.74, 6) is -0.740. The standard InChI is InChI=1S/C27H41N3O7S/c1-3-5-11-28(12-6-4-2)25(31)18-29-17-21(20-8-9-23-24(16-20)37-19-36-23)26(27(32)33)22(29)10-14-30-13-7-15-38(30,34)35/h8-9,16,21-22,26H,3-7,10-15,17-19H2,1-2H3,(H,32,33). The lowest BCUT2D eigenvalue weighted by Gasteiger charge is -2.30. The molecule has 2 fully saturated rings. The van der Waals surface area contributed by atoms with Crippen LogP contribution in [-0.4, -0.2) is 97.4 Å². The molecular formula is C27H41N3O7S. The summed E-state index contributed by atoms with van der Waals surface area (Å²) < 4.78 is 37.3. The van der Waals surface area contributed by atoms with Crippen molar-refractivity contribution >= 4 is 21.9 Å². The van der Waals surface area contributed by atoms with Crippen molar-refractivity contribution in [2.45, 2.75) is 64.3 Å². The van der Waals surface area contributed by atoms with Gasteiger partial charge in [0.05, 0.1) is 18.2 Å². The largest absolute Gasteiger partial charge is 0.481 e. The fourth-order valence-corrected chi connectivity index (χ4v) is 7.43. The summed E-state index contributed by atoms with van der Waals surface area (Å²) in [6.45, 7) is 6.93. The number of amides is 1. The maximum absolute atomic E-state index is 13.5. The van der Waals surface area contributed by atoms with E-state index < -0.39 is 28.0 Å². The van der Waals surface area contributed by atoms with Crippen LogP contribution in [0, 0.1) is 5.92 Å². The van der Waals surface area contributed by atoms with Crippen LogP contribution < -0.4 is 9.47 Å². The number of unbranched alkanes of at least 4 members (excludes halogenated alkanes) is 2. The third-order valence-electron chi connectivity index (χ3n) is 7.99. The zero-order valence-electron chi connectivity index (χ0n) is 22.5. The van der Waals surface area contributed by atoms with Gasteiger partial charge in [-0.2, -0.15) is 0 Å². The lowest BCUT2D eigenvalue weighted by molar-refractivity contribution is -0.143. The number of rotatable bonds is 13. The van der Waals surface area contributed by atoms with Crippen LogP contribution in [0.15, 0.2) is 18.2 Å². The number of likely N-dealkylation sites (tertiary alicyclic amines) is 1. The van der Waals surface area contributed by atoms with Gasteiger partial charge in [0.15, 0.2) is 11.5 Å². The van der Waals surface area contributed by atoms with Gasteiger partial charge in [-0.05, 0) is 43.4 Å². The normalized spacial score (nSPS) is 24.6. The molecule has 1 aromatic carbocycles. The Morgan fingerprint density at radius 2 is 1.82 bits per heavy atom. The second kappa shape index (κ2) is 12.7. The average Bonchev–Trinajstić information content (AvgIpc) is 3.58. The zero-order chi connectivity index (χ0) is 27.3. The van der Waals surface area contributed by atoms with E-state index in [0.29, 0.717) is 50.5 Å². The second-order valence-electron chi connectivity index (χ2n) is 10.5. The summed E-state index contributed by atoms with van der Waals surface area (Å²) in [7, 11) is -3.30. The van der Waals surface area contributed by atoms with Crippen molar-refractivity contribution in [1.82, 2.24) is 14.1 Å². The van der Waals surface area contributed by atoms with Crippen molar-refractivity contribution in [2.75, 3.05) is 51.8 Å². The highest BCUT2D eigenvalue weighted by atomic mass is 32.2. The molecule has 1 aromatic rings. The average molecular weight is 552 g/mol. The van der Waals surface area contributed by atoms with Crippen LogP contribution in [0.2, 0.25) is 0 Å². The van der Waals surface area contributed by atoms with Gasteiger partial charge in [0, 0.05) is 44.7 Å². The molecular weight excluding hydrogens is 510 g/mol. The molecule has 0 aromatic heterocycles. The minimum absolute atomic E-state index is 0.00108. The number of nitrogens with zero attached hydrogens (tertiary/aromatic N) is 3. The summed E-state index contributed by atoms with van der Waals surface area (Å²) >= 11 is 0. The Hall–Kier alpha value is -2.37. The lowest BCUT2D eigenvalue weighted by Crippen LogP contribution is -2.45. The van der Waals surface area contributed by atoms with Crippen molar-refractivity contribution < 1.29 is 32.6 Å². The van der Waals surface area contributed by atoms with Gasteiger partial charge in [-0.25, -0.2) is 12.7 Å². The summed E-state index contributed by atoms with van der Waals surface area (Å²) in [4.78, 5) is 30.1. The van der Waals surface area contributed by atoms with E-state index in [0.717, 1.165) is 31.2 Å². The topological polar surface area (TPSA) is 117 Å². The van der Waals surface area contributed by atoms with Crippen molar-refractivity contribution in [3.8, 4) is 11.5 Å². The Bertz CT molecular complexity index is 1090. The molecule has 0 saturated carbocycles. The molecule has 3 heterocycles. The van der Waals surface area contributed by atoms with Crippen LogP contribution in [0.3, 0.4) is 0 Å². The number of ether oxygens (including phenoxy) is 2. The quantitative estimate of drug-likeness (QED) is 0.398. The first-order valence-corrected chi connectivity index (χ1v) is 15.5. The molecule has 0 radical (unpaired) electrons. The van der Waals surface area contributed by atoms with Crippen LogP contribution in [0.25, 0.3) is 0 Å². The molecule has 3 aliphatic rings. The molecule has 2 saturated heterocycles. The van der Waals surface area contributed by atoms with E-state index >= 15 is 0 Å². The summed E-state index contributed by atoms with van der Waals surface area (Å²) in [6.07, 6.45) is 4.75. The van der Waals surface area contributed by atoms with Crippen molar-refractivity contribution in [2.24, 2.45) is 5.92 Å². The molecule has 0 aliphatic carbocycles. The van der Waals surface area contributed by atoms with Gasteiger partial charge in [0.2, 0.25) is 22.7 Å². The SMILES string of the molecule is CCCCN(CCCC)C(=O)CN1CC(c2ccc3c(c2)OCO3)C(C(=O)O)C1CCN1CCCS1(=O)=O. The molecule has 10 nitrogen and oxygen atoms in total. The Kier molecular flexibility index (Phi) is 9.54. The maximum atomic E-state index is 13.5. The van der Waals surface area contributed by atoms with E-state index in [9.17, 15) is 23.1 Å². The third-order valence-corrected chi connectivity index (χ3v) is 9.95. The summed E-state index contributed by atoms with van der Waals surface area (Å²) in [5.41, 5.74) is 0.823. The van der Waals surface area contributed by atoms with E-state index in [1.165, 1.54) is 4.31 Å². The van der Waals surface area contributed by atoms with Crippen LogP contribution in [-0.2, 0) is 19.6 Å².